The Kier molecular flexibility index (Phi) is 5.68. The van der Waals surface area contributed by atoms with Crippen LogP contribution < -0.4 is 9.47 Å². The number of aliphatic hydroxyl groups is 1. The summed E-state index contributed by atoms with van der Waals surface area (Å²) in [6.45, 7) is 0. The van der Waals surface area contributed by atoms with Crippen LogP contribution in [-0.2, 0) is 14.3 Å². The van der Waals surface area contributed by atoms with Gasteiger partial charge in [0, 0.05) is 17.0 Å². The average molecular weight is 396 g/mol. The number of esters is 1. The minimum Gasteiger partial charge on any atom is -0.507 e. The number of hydrogen-bond acceptors (Lipinski definition) is 7. The number of benzene rings is 2. The smallest absolute Gasteiger partial charge is 0.306 e. The van der Waals surface area contributed by atoms with Crippen LogP contribution in [0.15, 0.2) is 48.0 Å². The molecule has 3 rings (SSSR count). The number of allylic oxidation sites excluding steroid dienone is 1. The second kappa shape index (κ2) is 8.18. The fourth-order valence-electron chi connectivity index (χ4n) is 3.41. The number of methoxy groups -OCH3 is 3. The van der Waals surface area contributed by atoms with Gasteiger partial charge in [0.15, 0.2) is 11.5 Å². The molecule has 7 nitrogen and oxygen atoms in total. The van der Waals surface area contributed by atoms with E-state index in [1.165, 1.54) is 27.4 Å². The number of fused-ring (bicyclic) bond motifs is 1. The van der Waals surface area contributed by atoms with Crippen molar-refractivity contribution in [3.05, 3.63) is 64.7 Å². The molecule has 1 N–H and O–H groups in total. The molecule has 0 saturated carbocycles. The van der Waals surface area contributed by atoms with E-state index in [1.54, 1.807) is 36.4 Å². The summed E-state index contributed by atoms with van der Waals surface area (Å²) in [5.74, 6) is -2.57. The van der Waals surface area contributed by atoms with Crippen LogP contribution in [0.3, 0.4) is 0 Å². The van der Waals surface area contributed by atoms with Crippen molar-refractivity contribution in [2.45, 2.75) is 12.3 Å². The maximum absolute atomic E-state index is 12.9. The molecule has 7 heteroatoms. The zero-order valence-electron chi connectivity index (χ0n) is 16.2. The maximum Gasteiger partial charge on any atom is 0.306 e. The molecule has 0 bridgehead atoms. The fraction of sp³-hybridized carbons (Fsp3) is 0.227. The summed E-state index contributed by atoms with van der Waals surface area (Å²) in [6.07, 6.45) is -0.243. The molecular formula is C22H20O7. The molecule has 0 saturated heterocycles. The lowest BCUT2D eigenvalue weighted by atomic mass is 9.78. The van der Waals surface area contributed by atoms with Crippen molar-refractivity contribution in [2.75, 3.05) is 21.3 Å². The van der Waals surface area contributed by atoms with Crippen molar-refractivity contribution in [3.8, 4) is 11.5 Å². The summed E-state index contributed by atoms with van der Waals surface area (Å²) in [4.78, 5) is 37.6. The highest BCUT2D eigenvalue weighted by Gasteiger charge is 2.38. The lowest BCUT2D eigenvalue weighted by molar-refractivity contribution is -0.140. The van der Waals surface area contributed by atoms with Gasteiger partial charge >= 0.3 is 5.97 Å². The summed E-state index contributed by atoms with van der Waals surface area (Å²) >= 11 is 0. The van der Waals surface area contributed by atoms with Gasteiger partial charge in [0.25, 0.3) is 0 Å². The molecule has 0 amide bonds. The molecular weight excluding hydrogens is 376 g/mol. The summed E-state index contributed by atoms with van der Waals surface area (Å²) in [5, 5.41) is 10.9. The lowest BCUT2D eigenvalue weighted by Gasteiger charge is -2.25. The number of ketones is 2. The highest BCUT2D eigenvalue weighted by atomic mass is 16.5. The van der Waals surface area contributed by atoms with E-state index in [9.17, 15) is 19.5 Å². The Bertz CT molecular complexity index is 1020. The molecule has 150 valence electrons. The number of hydrogen-bond donors (Lipinski definition) is 1. The van der Waals surface area contributed by atoms with Crippen LogP contribution in [0.5, 0.6) is 11.5 Å². The maximum atomic E-state index is 12.9. The van der Waals surface area contributed by atoms with E-state index in [0.29, 0.717) is 17.1 Å². The lowest BCUT2D eigenvalue weighted by Crippen LogP contribution is -2.28. The minimum atomic E-state index is -0.910. The topological polar surface area (TPSA) is 99.1 Å². The minimum absolute atomic E-state index is 0.128. The second-order valence-electron chi connectivity index (χ2n) is 6.41. The standard InChI is InChI=1S/C22H20O7/c1-27-16-9-8-12(10-17(16)28-2)15(11-18(23)29-3)19-20(24)13-6-4-5-7-14(13)21(25)22(19)26/h4-10,15,24H,11H2,1-3H3/t15-/m0/s1. The Balaban J connectivity index is 2.21. The summed E-state index contributed by atoms with van der Waals surface area (Å²) in [6, 6.07) is 11.2. The largest absolute Gasteiger partial charge is 0.507 e. The number of rotatable bonds is 6. The first-order valence-electron chi connectivity index (χ1n) is 8.83. The summed E-state index contributed by atoms with van der Waals surface area (Å²) < 4.78 is 15.3. The molecule has 0 aromatic heterocycles. The molecule has 2 aromatic carbocycles. The molecule has 0 radical (unpaired) electrons. The van der Waals surface area contributed by atoms with E-state index in [-0.39, 0.29) is 28.9 Å². The van der Waals surface area contributed by atoms with Crippen LogP contribution in [0.2, 0.25) is 0 Å². The molecule has 0 unspecified atom stereocenters. The Morgan fingerprint density at radius 2 is 1.59 bits per heavy atom. The van der Waals surface area contributed by atoms with Crippen LogP contribution in [-0.4, -0.2) is 44.0 Å². The van der Waals surface area contributed by atoms with Crippen molar-refractivity contribution in [3.63, 3.8) is 0 Å². The quantitative estimate of drug-likeness (QED) is 0.592. The van der Waals surface area contributed by atoms with E-state index in [2.05, 4.69) is 0 Å². The van der Waals surface area contributed by atoms with Gasteiger partial charge < -0.3 is 19.3 Å². The van der Waals surface area contributed by atoms with Crippen LogP contribution in [0.1, 0.15) is 33.8 Å². The fourth-order valence-corrected chi connectivity index (χ4v) is 3.41. The number of Topliss-reactive ketones (excluding diaryl/α,β-unsaturated/α-hetero) is 2. The van der Waals surface area contributed by atoms with Gasteiger partial charge in [-0.1, -0.05) is 30.3 Å². The third-order valence-electron chi connectivity index (χ3n) is 4.89. The molecule has 29 heavy (non-hydrogen) atoms. The van der Waals surface area contributed by atoms with E-state index >= 15 is 0 Å². The van der Waals surface area contributed by atoms with Gasteiger partial charge in [-0.3, -0.25) is 14.4 Å². The Morgan fingerprint density at radius 3 is 2.21 bits per heavy atom. The van der Waals surface area contributed by atoms with Crippen molar-refractivity contribution < 1.29 is 33.7 Å². The summed E-state index contributed by atoms with van der Waals surface area (Å²) in [5.41, 5.74) is 0.728. The van der Waals surface area contributed by atoms with E-state index in [0.717, 1.165) is 0 Å². The Morgan fingerprint density at radius 1 is 0.931 bits per heavy atom. The van der Waals surface area contributed by atoms with Crippen molar-refractivity contribution in [1.82, 2.24) is 0 Å². The van der Waals surface area contributed by atoms with Crippen molar-refractivity contribution in [1.29, 1.82) is 0 Å². The first-order chi connectivity index (χ1) is 13.9. The van der Waals surface area contributed by atoms with Crippen LogP contribution in [0.25, 0.3) is 5.76 Å². The Labute approximate surface area is 167 Å². The third kappa shape index (κ3) is 3.59. The molecule has 0 spiro atoms. The molecule has 0 fully saturated rings. The van der Waals surface area contributed by atoms with Crippen LogP contribution in [0.4, 0.5) is 0 Å². The molecule has 0 aliphatic heterocycles. The molecule has 1 aliphatic carbocycles. The molecule has 2 aromatic rings. The van der Waals surface area contributed by atoms with Crippen LogP contribution in [0, 0.1) is 0 Å². The second-order valence-corrected chi connectivity index (χ2v) is 6.41. The highest BCUT2D eigenvalue weighted by molar-refractivity contribution is 6.52. The normalized spacial score (nSPS) is 14.3. The van der Waals surface area contributed by atoms with Gasteiger partial charge in [-0.2, -0.15) is 0 Å². The number of aliphatic hydroxyl groups excluding tert-OH is 1. The zero-order chi connectivity index (χ0) is 21.1. The van der Waals surface area contributed by atoms with E-state index in [1.807, 2.05) is 0 Å². The van der Waals surface area contributed by atoms with Gasteiger partial charge in [-0.05, 0) is 17.7 Å². The number of carbonyl (C=O) groups excluding carboxylic acids is 3. The van der Waals surface area contributed by atoms with E-state index < -0.39 is 23.5 Å². The highest BCUT2D eigenvalue weighted by Crippen LogP contribution is 2.40. The van der Waals surface area contributed by atoms with Crippen molar-refractivity contribution in [2.24, 2.45) is 0 Å². The number of carbonyl (C=O) groups is 3. The van der Waals surface area contributed by atoms with Gasteiger partial charge in [0.2, 0.25) is 11.6 Å². The SMILES string of the molecule is COC(=O)C[C@H](C1=C(O)c2ccccc2C(=O)C1=O)c1ccc(OC)c(OC)c1. The summed E-state index contributed by atoms with van der Waals surface area (Å²) in [7, 11) is 4.17. The molecule has 1 aliphatic rings. The van der Waals surface area contributed by atoms with Gasteiger partial charge in [0.1, 0.15) is 5.76 Å². The predicted molar refractivity (Wildman–Crippen MR) is 104 cm³/mol. The first kappa shape index (κ1) is 20.1. The van der Waals surface area contributed by atoms with E-state index in [4.69, 9.17) is 14.2 Å². The van der Waals surface area contributed by atoms with Gasteiger partial charge in [-0.15, -0.1) is 0 Å². The zero-order valence-corrected chi connectivity index (χ0v) is 16.2. The third-order valence-corrected chi connectivity index (χ3v) is 4.89. The monoisotopic (exact) mass is 396 g/mol. The van der Waals surface area contributed by atoms with Gasteiger partial charge in [-0.25, -0.2) is 0 Å². The van der Waals surface area contributed by atoms with Gasteiger partial charge in [0.05, 0.1) is 33.3 Å². The van der Waals surface area contributed by atoms with Crippen LogP contribution >= 0.6 is 0 Å². The Hall–Kier alpha value is -3.61. The van der Waals surface area contributed by atoms with Crippen molar-refractivity contribution >= 4 is 23.3 Å². The average Bonchev–Trinajstić information content (AvgIpc) is 2.76. The molecule has 0 heterocycles. The first-order valence-corrected chi connectivity index (χ1v) is 8.83. The number of ether oxygens (including phenoxy) is 3. The molecule has 1 atom stereocenters. The predicted octanol–water partition coefficient (Wildman–Crippen LogP) is 3.09.